The molecule has 3 aromatic carbocycles. The van der Waals surface area contributed by atoms with Crippen LogP contribution < -0.4 is 33.9 Å². The fourth-order valence-corrected chi connectivity index (χ4v) is 4.22. The number of imide groups is 2. The fraction of sp³-hybridized carbons (Fsp3) is 0.143. The summed E-state index contributed by atoms with van der Waals surface area (Å²) in [5.74, 6) is -1.24. The Bertz CT molecular complexity index is 1510. The number of anilines is 1. The van der Waals surface area contributed by atoms with Gasteiger partial charge in [0.2, 0.25) is 5.75 Å². The summed E-state index contributed by atoms with van der Waals surface area (Å²) in [5, 5.41) is 2.18. The molecule has 0 spiro atoms. The van der Waals surface area contributed by atoms with E-state index in [-0.39, 0.29) is 34.1 Å². The predicted octanol–water partition coefficient (Wildman–Crippen LogP) is 4.21. The number of hydrogen-bond acceptors (Lipinski definition) is 9. The molecule has 12 heteroatoms. The van der Waals surface area contributed by atoms with E-state index in [1.807, 2.05) is 0 Å². The van der Waals surface area contributed by atoms with E-state index in [1.165, 1.54) is 64.8 Å². The van der Waals surface area contributed by atoms with Crippen LogP contribution in [-0.4, -0.2) is 52.3 Å². The molecular weight excluding hydrogens is 635 g/mol. The van der Waals surface area contributed by atoms with Crippen molar-refractivity contribution in [2.45, 2.75) is 0 Å². The first-order valence-corrected chi connectivity index (χ1v) is 12.7. The average Bonchev–Trinajstić information content (AvgIpc) is 2.95. The first-order chi connectivity index (χ1) is 19.2. The van der Waals surface area contributed by atoms with Gasteiger partial charge in [0.05, 0.1) is 39.7 Å². The van der Waals surface area contributed by atoms with E-state index >= 15 is 0 Å². The maximum atomic E-state index is 13.2. The lowest BCUT2D eigenvalue weighted by molar-refractivity contribution is -0.122. The van der Waals surface area contributed by atoms with E-state index in [9.17, 15) is 19.2 Å². The van der Waals surface area contributed by atoms with Gasteiger partial charge in [-0.1, -0.05) is 6.07 Å². The van der Waals surface area contributed by atoms with Gasteiger partial charge in [-0.3, -0.25) is 14.9 Å². The molecule has 0 unspecified atom stereocenters. The van der Waals surface area contributed by atoms with Gasteiger partial charge in [0.25, 0.3) is 11.8 Å². The van der Waals surface area contributed by atoms with E-state index in [0.29, 0.717) is 17.0 Å². The highest BCUT2D eigenvalue weighted by Crippen LogP contribution is 2.39. The van der Waals surface area contributed by atoms with Gasteiger partial charge in [0.15, 0.2) is 23.0 Å². The van der Waals surface area contributed by atoms with Crippen molar-refractivity contribution in [2.75, 3.05) is 33.3 Å². The minimum atomic E-state index is -0.847. The minimum absolute atomic E-state index is 0.0820. The van der Waals surface area contributed by atoms with Crippen molar-refractivity contribution >= 4 is 58.2 Å². The molecule has 11 nitrogen and oxygen atoms in total. The molecule has 3 aromatic rings. The number of hydrogen-bond donors (Lipinski definition) is 1. The summed E-state index contributed by atoms with van der Waals surface area (Å²) >= 11 is 2.10. The second-order valence-electron chi connectivity index (χ2n) is 8.15. The van der Waals surface area contributed by atoms with Gasteiger partial charge in [0, 0.05) is 3.57 Å². The number of nitrogens with one attached hydrogen (secondary N) is 1. The number of ether oxygens (including phenoxy) is 5. The molecule has 0 radical (unpaired) electrons. The molecule has 0 aliphatic carbocycles. The van der Waals surface area contributed by atoms with E-state index in [4.69, 9.17) is 23.7 Å². The molecular formula is C28H23IN2O9. The van der Waals surface area contributed by atoms with E-state index in [0.717, 1.165) is 8.47 Å². The number of esters is 1. The van der Waals surface area contributed by atoms with Crippen LogP contribution >= 0.6 is 22.6 Å². The van der Waals surface area contributed by atoms with Crippen LogP contribution in [0.15, 0.2) is 60.2 Å². The van der Waals surface area contributed by atoms with E-state index in [2.05, 4.69) is 27.9 Å². The van der Waals surface area contributed by atoms with Crippen LogP contribution in [0.5, 0.6) is 28.7 Å². The molecule has 4 amide bonds. The molecule has 0 saturated carbocycles. The number of benzene rings is 3. The van der Waals surface area contributed by atoms with Crippen LogP contribution in [0.3, 0.4) is 0 Å². The number of barbiturate groups is 1. The topological polar surface area (TPSA) is 130 Å². The number of rotatable bonds is 8. The highest BCUT2D eigenvalue weighted by molar-refractivity contribution is 14.1. The number of carbonyl (C=O) groups excluding carboxylic acids is 4. The van der Waals surface area contributed by atoms with Crippen LogP contribution in [0.2, 0.25) is 0 Å². The summed E-state index contributed by atoms with van der Waals surface area (Å²) in [5.41, 5.74) is 0.572. The van der Waals surface area contributed by atoms with Crippen molar-refractivity contribution < 1.29 is 42.9 Å². The van der Waals surface area contributed by atoms with Crippen LogP contribution in [0.25, 0.3) is 6.08 Å². The summed E-state index contributed by atoms with van der Waals surface area (Å²) in [6.45, 7) is 0. The lowest BCUT2D eigenvalue weighted by Crippen LogP contribution is -2.54. The first kappa shape index (κ1) is 28.4. The lowest BCUT2D eigenvalue weighted by Gasteiger charge is -2.26. The van der Waals surface area contributed by atoms with E-state index < -0.39 is 23.8 Å². The Kier molecular flexibility index (Phi) is 8.58. The first-order valence-electron chi connectivity index (χ1n) is 11.6. The number of urea groups is 1. The van der Waals surface area contributed by atoms with Crippen molar-refractivity contribution in [3.8, 4) is 28.7 Å². The number of amides is 4. The summed E-state index contributed by atoms with van der Waals surface area (Å²) in [7, 11) is 5.67. The highest BCUT2D eigenvalue weighted by atomic mass is 127. The zero-order valence-corrected chi connectivity index (χ0v) is 23.9. The number of carbonyl (C=O) groups is 4. The van der Waals surface area contributed by atoms with Crippen molar-refractivity contribution in [3.05, 3.63) is 74.9 Å². The molecule has 40 heavy (non-hydrogen) atoms. The monoisotopic (exact) mass is 658 g/mol. The molecule has 1 N–H and O–H groups in total. The second kappa shape index (κ2) is 12.1. The molecule has 1 fully saturated rings. The Morgan fingerprint density at radius 3 is 2.00 bits per heavy atom. The SMILES string of the molecule is COc1cc(/C=C2\C(=O)NC(=O)N(c3ccc(I)cc3)C2=O)ccc1OC(=O)c1cc(OC)c(OC)c(OC)c1. The molecule has 1 aliphatic rings. The zero-order chi connectivity index (χ0) is 29.0. The highest BCUT2D eigenvalue weighted by Gasteiger charge is 2.36. The standard InChI is InChI=1S/C28H23IN2O9/c1-36-21-12-15(11-19-25(32)30-28(35)31(26(19)33)18-8-6-17(29)7-9-18)5-10-20(21)40-27(34)16-13-22(37-2)24(39-4)23(14-16)38-3/h5-14H,1-4H3,(H,30,32,35)/b19-11+. The van der Waals surface area contributed by atoms with Gasteiger partial charge in [-0.15, -0.1) is 0 Å². The van der Waals surface area contributed by atoms with Gasteiger partial charge in [0.1, 0.15) is 5.57 Å². The molecule has 0 atom stereocenters. The van der Waals surface area contributed by atoms with E-state index in [1.54, 1.807) is 24.3 Å². The second-order valence-corrected chi connectivity index (χ2v) is 9.39. The Morgan fingerprint density at radius 2 is 1.43 bits per heavy atom. The molecule has 1 aliphatic heterocycles. The van der Waals surface area contributed by atoms with Gasteiger partial charge in [-0.2, -0.15) is 0 Å². The summed E-state index contributed by atoms with van der Waals surface area (Å²) in [4.78, 5) is 52.0. The van der Waals surface area contributed by atoms with Gasteiger partial charge in [-0.25, -0.2) is 14.5 Å². The third kappa shape index (κ3) is 5.71. The summed E-state index contributed by atoms with van der Waals surface area (Å²) in [6, 6.07) is 13.2. The lowest BCUT2D eigenvalue weighted by atomic mass is 10.1. The fourth-order valence-electron chi connectivity index (χ4n) is 3.86. The average molecular weight is 658 g/mol. The molecule has 206 valence electrons. The largest absolute Gasteiger partial charge is 0.493 e. The minimum Gasteiger partial charge on any atom is -0.493 e. The number of halogens is 1. The quantitative estimate of drug-likeness (QED) is 0.124. The van der Waals surface area contributed by atoms with Crippen molar-refractivity contribution in [3.63, 3.8) is 0 Å². The number of nitrogens with zero attached hydrogens (tertiary/aromatic N) is 1. The van der Waals surface area contributed by atoms with Crippen LogP contribution in [0.1, 0.15) is 15.9 Å². The van der Waals surface area contributed by atoms with Crippen molar-refractivity contribution in [2.24, 2.45) is 0 Å². The third-order valence-corrected chi connectivity index (χ3v) is 6.51. The van der Waals surface area contributed by atoms with Crippen molar-refractivity contribution in [1.29, 1.82) is 0 Å². The Morgan fingerprint density at radius 1 is 0.800 bits per heavy atom. The summed E-state index contributed by atoms with van der Waals surface area (Å²) in [6.07, 6.45) is 1.32. The molecule has 4 rings (SSSR count). The zero-order valence-electron chi connectivity index (χ0n) is 21.8. The number of methoxy groups -OCH3 is 4. The third-order valence-electron chi connectivity index (χ3n) is 5.79. The maximum Gasteiger partial charge on any atom is 0.343 e. The molecule has 0 aromatic heterocycles. The summed E-state index contributed by atoms with van der Waals surface area (Å²) < 4.78 is 27.7. The van der Waals surface area contributed by atoms with Crippen LogP contribution in [0.4, 0.5) is 10.5 Å². The van der Waals surface area contributed by atoms with Gasteiger partial charge >= 0.3 is 12.0 Å². The predicted molar refractivity (Wildman–Crippen MR) is 152 cm³/mol. The van der Waals surface area contributed by atoms with Crippen molar-refractivity contribution in [1.82, 2.24) is 5.32 Å². The smallest absolute Gasteiger partial charge is 0.343 e. The molecule has 1 saturated heterocycles. The van der Waals surface area contributed by atoms with Crippen LogP contribution in [-0.2, 0) is 9.59 Å². The van der Waals surface area contributed by atoms with Gasteiger partial charge < -0.3 is 23.7 Å². The molecule has 0 bridgehead atoms. The Labute approximate surface area is 242 Å². The van der Waals surface area contributed by atoms with Crippen LogP contribution in [0, 0.1) is 3.57 Å². The maximum absolute atomic E-state index is 13.2. The Balaban J connectivity index is 1.62. The normalized spacial score (nSPS) is 14.1. The Hall–Kier alpha value is -4.59. The molecule has 1 heterocycles. The van der Waals surface area contributed by atoms with Gasteiger partial charge in [-0.05, 0) is 82.8 Å².